The lowest BCUT2D eigenvalue weighted by Crippen LogP contribution is -2.08. The highest BCUT2D eigenvalue weighted by Crippen LogP contribution is 2.21. The van der Waals surface area contributed by atoms with Crippen LogP contribution in [0.4, 0.5) is 5.69 Å². The van der Waals surface area contributed by atoms with E-state index in [9.17, 15) is 4.79 Å². The van der Waals surface area contributed by atoms with Gasteiger partial charge in [0.1, 0.15) is 5.82 Å². The van der Waals surface area contributed by atoms with E-state index in [1.54, 1.807) is 31.3 Å². The molecule has 0 unspecified atom stereocenters. The van der Waals surface area contributed by atoms with Crippen molar-refractivity contribution in [1.82, 2.24) is 9.97 Å². The summed E-state index contributed by atoms with van der Waals surface area (Å²) in [6.07, 6.45) is 1.66. The molecule has 0 aliphatic heterocycles. The van der Waals surface area contributed by atoms with Gasteiger partial charge in [0.25, 0.3) is 0 Å². The molecule has 0 aliphatic rings. The molecule has 6 heteroatoms. The number of aryl methyl sites for hydroxylation is 1. The SMILES string of the molecule is Cc1nccc(CNc2cc(Cl)ccc2C(=O)O)n1. The molecule has 0 amide bonds. The van der Waals surface area contributed by atoms with Crippen LogP contribution in [0.5, 0.6) is 0 Å². The van der Waals surface area contributed by atoms with Gasteiger partial charge in [-0.15, -0.1) is 0 Å². The number of hydrogen-bond donors (Lipinski definition) is 2. The number of hydrogen-bond acceptors (Lipinski definition) is 4. The van der Waals surface area contributed by atoms with E-state index in [2.05, 4.69) is 15.3 Å². The number of benzene rings is 1. The minimum atomic E-state index is -1.00. The molecule has 2 N–H and O–H groups in total. The van der Waals surface area contributed by atoms with Crippen LogP contribution >= 0.6 is 11.6 Å². The maximum atomic E-state index is 11.1. The lowest BCUT2D eigenvalue weighted by Gasteiger charge is -2.09. The Morgan fingerprint density at radius 1 is 1.42 bits per heavy atom. The normalized spacial score (nSPS) is 10.2. The van der Waals surface area contributed by atoms with Gasteiger partial charge in [0, 0.05) is 11.2 Å². The second-order valence-corrected chi connectivity index (χ2v) is 4.38. The Morgan fingerprint density at radius 2 is 2.21 bits per heavy atom. The second-order valence-electron chi connectivity index (χ2n) is 3.94. The highest BCUT2D eigenvalue weighted by molar-refractivity contribution is 6.31. The molecule has 0 spiro atoms. The molecule has 2 aromatic rings. The molecule has 0 aliphatic carbocycles. The van der Waals surface area contributed by atoms with Crippen LogP contribution in [-0.2, 0) is 6.54 Å². The molecular weight excluding hydrogens is 266 g/mol. The van der Waals surface area contributed by atoms with Gasteiger partial charge >= 0.3 is 5.97 Å². The Kier molecular flexibility index (Phi) is 3.97. The van der Waals surface area contributed by atoms with Crippen molar-refractivity contribution in [3.05, 3.63) is 52.6 Å². The Labute approximate surface area is 115 Å². The minimum absolute atomic E-state index is 0.176. The van der Waals surface area contributed by atoms with Crippen molar-refractivity contribution in [3.63, 3.8) is 0 Å². The van der Waals surface area contributed by atoms with Gasteiger partial charge in [0.2, 0.25) is 0 Å². The third kappa shape index (κ3) is 3.42. The first-order valence-electron chi connectivity index (χ1n) is 5.61. The Bertz CT molecular complexity index is 617. The van der Waals surface area contributed by atoms with Gasteiger partial charge in [-0.05, 0) is 31.2 Å². The van der Waals surface area contributed by atoms with Crippen LogP contribution in [0.3, 0.4) is 0 Å². The Hall–Kier alpha value is -2.14. The molecule has 0 saturated heterocycles. The maximum Gasteiger partial charge on any atom is 0.337 e. The molecular formula is C13H12ClN3O2. The molecule has 2 rings (SSSR count). The van der Waals surface area contributed by atoms with E-state index >= 15 is 0 Å². The van der Waals surface area contributed by atoms with E-state index in [1.165, 1.54) is 6.07 Å². The van der Waals surface area contributed by atoms with Crippen molar-refractivity contribution in [2.75, 3.05) is 5.32 Å². The third-order valence-electron chi connectivity index (χ3n) is 2.51. The van der Waals surface area contributed by atoms with Crippen molar-refractivity contribution in [1.29, 1.82) is 0 Å². The molecule has 19 heavy (non-hydrogen) atoms. The lowest BCUT2D eigenvalue weighted by molar-refractivity contribution is 0.0698. The smallest absolute Gasteiger partial charge is 0.337 e. The quantitative estimate of drug-likeness (QED) is 0.899. The number of halogens is 1. The number of aromatic carboxylic acids is 1. The number of carboxylic acids is 1. The van der Waals surface area contributed by atoms with Crippen LogP contribution in [0.15, 0.2) is 30.5 Å². The fourth-order valence-electron chi connectivity index (χ4n) is 1.64. The minimum Gasteiger partial charge on any atom is -0.478 e. The summed E-state index contributed by atoms with van der Waals surface area (Å²) in [6.45, 7) is 2.20. The van der Waals surface area contributed by atoms with E-state index in [0.717, 1.165) is 5.69 Å². The Morgan fingerprint density at radius 3 is 2.89 bits per heavy atom. The number of nitrogens with zero attached hydrogens (tertiary/aromatic N) is 2. The second kappa shape index (κ2) is 5.67. The van der Waals surface area contributed by atoms with Gasteiger partial charge in [-0.1, -0.05) is 11.6 Å². The van der Waals surface area contributed by atoms with E-state index in [-0.39, 0.29) is 5.56 Å². The van der Waals surface area contributed by atoms with E-state index in [1.807, 2.05) is 0 Å². The molecule has 0 atom stereocenters. The van der Waals surface area contributed by atoms with Crippen LogP contribution in [0.25, 0.3) is 0 Å². The summed E-state index contributed by atoms with van der Waals surface area (Å²) in [7, 11) is 0. The van der Waals surface area contributed by atoms with E-state index in [0.29, 0.717) is 23.1 Å². The monoisotopic (exact) mass is 277 g/mol. The highest BCUT2D eigenvalue weighted by Gasteiger charge is 2.10. The first kappa shape index (κ1) is 13.3. The summed E-state index contributed by atoms with van der Waals surface area (Å²) in [5.74, 6) is -0.332. The molecule has 0 bridgehead atoms. The zero-order valence-electron chi connectivity index (χ0n) is 10.2. The van der Waals surface area contributed by atoms with Crippen molar-refractivity contribution in [3.8, 4) is 0 Å². The number of carbonyl (C=O) groups is 1. The lowest BCUT2D eigenvalue weighted by atomic mass is 10.2. The zero-order valence-corrected chi connectivity index (χ0v) is 11.0. The van der Waals surface area contributed by atoms with E-state index in [4.69, 9.17) is 16.7 Å². The summed E-state index contributed by atoms with van der Waals surface area (Å²) in [5, 5.41) is 12.6. The van der Waals surface area contributed by atoms with Gasteiger partial charge in [0.15, 0.2) is 0 Å². The largest absolute Gasteiger partial charge is 0.478 e. The molecule has 0 radical (unpaired) electrons. The summed E-state index contributed by atoms with van der Waals surface area (Å²) >= 11 is 5.87. The molecule has 1 aromatic heterocycles. The average molecular weight is 278 g/mol. The molecule has 5 nitrogen and oxygen atoms in total. The summed E-state index contributed by atoms with van der Waals surface area (Å²) in [6, 6.07) is 6.37. The summed E-state index contributed by atoms with van der Waals surface area (Å²) in [4.78, 5) is 19.3. The third-order valence-corrected chi connectivity index (χ3v) is 2.74. The summed E-state index contributed by atoms with van der Waals surface area (Å²) < 4.78 is 0. The first-order chi connectivity index (χ1) is 9.06. The summed E-state index contributed by atoms with van der Waals surface area (Å²) in [5.41, 5.74) is 1.43. The van der Waals surface area contributed by atoms with Gasteiger partial charge in [-0.2, -0.15) is 0 Å². The predicted octanol–water partition coefficient (Wildman–Crippen LogP) is 2.75. The number of anilines is 1. The topological polar surface area (TPSA) is 75.1 Å². The number of carboxylic acid groups (broad SMARTS) is 1. The molecule has 1 aromatic carbocycles. The van der Waals surface area contributed by atoms with Crippen LogP contribution in [0, 0.1) is 6.92 Å². The van der Waals surface area contributed by atoms with Crippen LogP contribution in [0.2, 0.25) is 5.02 Å². The fraction of sp³-hybridized carbons (Fsp3) is 0.154. The van der Waals surface area contributed by atoms with Crippen molar-refractivity contribution < 1.29 is 9.90 Å². The predicted molar refractivity (Wildman–Crippen MR) is 72.5 cm³/mol. The Balaban J connectivity index is 2.19. The number of rotatable bonds is 4. The zero-order chi connectivity index (χ0) is 13.8. The van der Waals surface area contributed by atoms with Crippen LogP contribution < -0.4 is 5.32 Å². The van der Waals surface area contributed by atoms with Crippen LogP contribution in [0.1, 0.15) is 21.9 Å². The van der Waals surface area contributed by atoms with E-state index < -0.39 is 5.97 Å². The van der Waals surface area contributed by atoms with Crippen molar-refractivity contribution >= 4 is 23.3 Å². The maximum absolute atomic E-state index is 11.1. The number of nitrogens with one attached hydrogen (secondary N) is 1. The number of aromatic nitrogens is 2. The van der Waals surface area contributed by atoms with Gasteiger partial charge < -0.3 is 10.4 Å². The van der Waals surface area contributed by atoms with Crippen molar-refractivity contribution in [2.45, 2.75) is 13.5 Å². The van der Waals surface area contributed by atoms with Crippen LogP contribution in [-0.4, -0.2) is 21.0 Å². The fourth-order valence-corrected chi connectivity index (χ4v) is 1.81. The standard InChI is InChI=1S/C13H12ClN3O2/c1-8-15-5-4-10(17-8)7-16-12-6-9(14)2-3-11(12)13(18)19/h2-6,16H,7H2,1H3,(H,18,19). The molecule has 0 saturated carbocycles. The average Bonchev–Trinajstić information content (AvgIpc) is 2.36. The highest BCUT2D eigenvalue weighted by atomic mass is 35.5. The molecule has 98 valence electrons. The van der Waals surface area contributed by atoms with Gasteiger partial charge in [-0.25, -0.2) is 14.8 Å². The molecule has 1 heterocycles. The molecule has 0 fully saturated rings. The van der Waals surface area contributed by atoms with Gasteiger partial charge in [-0.3, -0.25) is 0 Å². The van der Waals surface area contributed by atoms with Crippen molar-refractivity contribution in [2.24, 2.45) is 0 Å². The van der Waals surface area contributed by atoms with Gasteiger partial charge in [0.05, 0.1) is 23.5 Å². The first-order valence-corrected chi connectivity index (χ1v) is 5.99.